The summed E-state index contributed by atoms with van der Waals surface area (Å²) in [6, 6.07) is 0.206. The van der Waals surface area contributed by atoms with Gasteiger partial charge >= 0.3 is 0 Å². The smallest absolute Gasteiger partial charge is 0.172 e. The lowest BCUT2D eigenvalue weighted by molar-refractivity contribution is -0.153. The Bertz CT molecular complexity index is 177. The van der Waals surface area contributed by atoms with Gasteiger partial charge in [-0.15, -0.1) is 6.58 Å². The lowest BCUT2D eigenvalue weighted by Gasteiger charge is -2.27. The molecule has 16 heavy (non-hydrogen) atoms. The first-order valence-electron chi connectivity index (χ1n) is 6.26. The van der Waals surface area contributed by atoms with Gasteiger partial charge in [-0.25, -0.2) is 0 Å². The minimum absolute atomic E-state index is 0.168. The van der Waals surface area contributed by atoms with Crippen molar-refractivity contribution < 1.29 is 9.47 Å². The zero-order valence-electron chi connectivity index (χ0n) is 11.2. The Balaban J connectivity index is 4.32. The number of hydrogen-bond acceptors (Lipinski definition) is 3. The second kappa shape index (κ2) is 9.82. The highest BCUT2D eigenvalue weighted by Gasteiger charge is 2.21. The number of rotatable bonds is 10. The number of hydrogen-bond donors (Lipinski definition) is 1. The molecule has 0 radical (unpaired) electrons. The molecule has 0 aromatic heterocycles. The van der Waals surface area contributed by atoms with Gasteiger partial charge in [0.2, 0.25) is 0 Å². The first-order chi connectivity index (χ1) is 7.65. The number of ether oxygens (including phenoxy) is 2. The monoisotopic (exact) mass is 229 g/mol. The predicted molar refractivity (Wildman–Crippen MR) is 68.6 cm³/mol. The van der Waals surface area contributed by atoms with Gasteiger partial charge in [0.15, 0.2) is 6.29 Å². The Morgan fingerprint density at radius 3 is 2.12 bits per heavy atom. The van der Waals surface area contributed by atoms with Crippen LogP contribution in [0.1, 0.15) is 40.5 Å². The van der Waals surface area contributed by atoms with Crippen molar-refractivity contribution in [2.45, 2.75) is 52.9 Å². The van der Waals surface area contributed by atoms with Crippen LogP contribution in [0.4, 0.5) is 0 Å². The van der Waals surface area contributed by atoms with Gasteiger partial charge in [0.25, 0.3) is 0 Å². The molecule has 3 heteroatoms. The molecule has 0 spiro atoms. The maximum atomic E-state index is 5.62. The summed E-state index contributed by atoms with van der Waals surface area (Å²) < 4.78 is 11.2. The molecule has 0 fully saturated rings. The molecule has 0 aliphatic rings. The van der Waals surface area contributed by atoms with E-state index in [2.05, 4.69) is 18.8 Å². The van der Waals surface area contributed by atoms with E-state index in [9.17, 15) is 0 Å². The van der Waals surface area contributed by atoms with E-state index in [1.165, 1.54) is 0 Å². The van der Waals surface area contributed by atoms with Crippen LogP contribution < -0.4 is 5.32 Å². The molecule has 0 saturated carbocycles. The Labute approximate surface area is 100 Å². The van der Waals surface area contributed by atoms with Crippen LogP contribution in [-0.4, -0.2) is 32.1 Å². The van der Waals surface area contributed by atoms with Crippen LogP contribution in [0.2, 0.25) is 0 Å². The molecule has 1 unspecified atom stereocenters. The van der Waals surface area contributed by atoms with Crippen LogP contribution in [0.3, 0.4) is 0 Å². The maximum absolute atomic E-state index is 5.62. The van der Waals surface area contributed by atoms with E-state index in [0.717, 1.165) is 25.0 Å². The molecule has 1 N–H and O–H groups in total. The van der Waals surface area contributed by atoms with Gasteiger partial charge in [-0.05, 0) is 40.2 Å². The summed E-state index contributed by atoms with van der Waals surface area (Å²) in [5.74, 6) is 0. The van der Waals surface area contributed by atoms with Crippen molar-refractivity contribution in [3.05, 3.63) is 12.2 Å². The zero-order chi connectivity index (χ0) is 12.4. The van der Waals surface area contributed by atoms with E-state index < -0.39 is 0 Å². The van der Waals surface area contributed by atoms with Crippen LogP contribution in [0.25, 0.3) is 0 Å². The summed E-state index contributed by atoms with van der Waals surface area (Å²) in [5, 5.41) is 3.46. The van der Waals surface area contributed by atoms with E-state index in [0.29, 0.717) is 13.2 Å². The lowest BCUT2D eigenvalue weighted by Crippen LogP contribution is -2.43. The molecule has 0 rings (SSSR count). The average molecular weight is 229 g/mol. The molecule has 0 aliphatic heterocycles. The van der Waals surface area contributed by atoms with E-state index >= 15 is 0 Å². The Morgan fingerprint density at radius 1 is 1.19 bits per heavy atom. The summed E-state index contributed by atoms with van der Waals surface area (Å²) in [5.41, 5.74) is 1.15. The van der Waals surface area contributed by atoms with Crippen molar-refractivity contribution in [1.82, 2.24) is 5.32 Å². The third kappa shape index (κ3) is 6.99. The molecular formula is C13H27NO2. The third-order valence-corrected chi connectivity index (χ3v) is 2.22. The van der Waals surface area contributed by atoms with Crippen LogP contribution in [0, 0.1) is 0 Å². The molecule has 0 bridgehead atoms. The van der Waals surface area contributed by atoms with Crippen LogP contribution in [0.5, 0.6) is 0 Å². The highest BCUT2D eigenvalue weighted by Crippen LogP contribution is 2.11. The molecule has 0 amide bonds. The second-order valence-electron chi connectivity index (χ2n) is 4.00. The van der Waals surface area contributed by atoms with E-state index in [1.54, 1.807) is 0 Å². The van der Waals surface area contributed by atoms with E-state index in [1.807, 2.05) is 20.8 Å². The Morgan fingerprint density at radius 2 is 1.75 bits per heavy atom. The van der Waals surface area contributed by atoms with Crippen molar-refractivity contribution in [2.75, 3.05) is 19.8 Å². The third-order valence-electron chi connectivity index (χ3n) is 2.22. The van der Waals surface area contributed by atoms with Crippen LogP contribution in [-0.2, 0) is 9.47 Å². The molecule has 3 nitrogen and oxygen atoms in total. The summed E-state index contributed by atoms with van der Waals surface area (Å²) in [7, 11) is 0. The van der Waals surface area contributed by atoms with Gasteiger partial charge in [0, 0.05) is 13.2 Å². The summed E-state index contributed by atoms with van der Waals surface area (Å²) in [4.78, 5) is 0. The predicted octanol–water partition coefficient (Wildman–Crippen LogP) is 2.72. The van der Waals surface area contributed by atoms with Gasteiger partial charge in [-0.2, -0.15) is 0 Å². The highest BCUT2D eigenvalue weighted by atomic mass is 16.7. The van der Waals surface area contributed by atoms with Gasteiger partial charge < -0.3 is 14.8 Å². The summed E-state index contributed by atoms with van der Waals surface area (Å²) in [6.07, 6.45) is 1.83. The first kappa shape index (κ1) is 15.6. The normalized spacial score (nSPS) is 13.1. The first-order valence-corrected chi connectivity index (χ1v) is 6.26. The van der Waals surface area contributed by atoms with Gasteiger partial charge in [0.1, 0.15) is 0 Å². The standard InChI is InChI=1S/C13H27NO2/c1-6-9-14-12(10-11(4)5)13(15-7-2)16-8-3/h12-14H,4,6-10H2,1-3,5H3. The SMILES string of the molecule is C=C(C)CC(NCCC)C(OCC)OCC. The Hall–Kier alpha value is -0.380. The van der Waals surface area contributed by atoms with Gasteiger partial charge in [-0.3, -0.25) is 0 Å². The minimum Gasteiger partial charge on any atom is -0.351 e. The highest BCUT2D eigenvalue weighted by molar-refractivity contribution is 4.94. The minimum atomic E-state index is -0.168. The summed E-state index contributed by atoms with van der Waals surface area (Å²) in [6.45, 7) is 14.4. The second-order valence-corrected chi connectivity index (χ2v) is 4.00. The average Bonchev–Trinajstić information content (AvgIpc) is 2.23. The zero-order valence-corrected chi connectivity index (χ0v) is 11.2. The summed E-state index contributed by atoms with van der Waals surface area (Å²) >= 11 is 0. The van der Waals surface area contributed by atoms with Crippen molar-refractivity contribution >= 4 is 0 Å². The van der Waals surface area contributed by atoms with Gasteiger partial charge in [0.05, 0.1) is 6.04 Å². The van der Waals surface area contributed by atoms with Crippen LogP contribution >= 0.6 is 0 Å². The quantitative estimate of drug-likeness (QED) is 0.461. The van der Waals surface area contributed by atoms with E-state index in [-0.39, 0.29) is 12.3 Å². The molecule has 96 valence electrons. The van der Waals surface area contributed by atoms with Crippen LogP contribution in [0.15, 0.2) is 12.2 Å². The fourth-order valence-electron chi connectivity index (χ4n) is 1.58. The fraction of sp³-hybridized carbons (Fsp3) is 0.846. The molecule has 0 aliphatic carbocycles. The van der Waals surface area contributed by atoms with Gasteiger partial charge in [-0.1, -0.05) is 12.5 Å². The van der Waals surface area contributed by atoms with E-state index in [4.69, 9.17) is 9.47 Å². The van der Waals surface area contributed by atoms with Crippen molar-refractivity contribution in [3.8, 4) is 0 Å². The molecule has 0 saturated heterocycles. The van der Waals surface area contributed by atoms with Crippen molar-refractivity contribution in [3.63, 3.8) is 0 Å². The molecule has 0 aromatic carbocycles. The Kier molecular flexibility index (Phi) is 9.59. The molecule has 1 atom stereocenters. The maximum Gasteiger partial charge on any atom is 0.172 e. The lowest BCUT2D eigenvalue weighted by atomic mass is 10.1. The van der Waals surface area contributed by atoms with Crippen molar-refractivity contribution in [1.29, 1.82) is 0 Å². The molecule has 0 aromatic rings. The van der Waals surface area contributed by atoms with Crippen molar-refractivity contribution in [2.24, 2.45) is 0 Å². The molecular weight excluding hydrogens is 202 g/mol. The topological polar surface area (TPSA) is 30.5 Å². The fourth-order valence-corrected chi connectivity index (χ4v) is 1.58. The molecule has 0 heterocycles. The largest absolute Gasteiger partial charge is 0.351 e. The number of nitrogens with one attached hydrogen (secondary N) is 1.